The summed E-state index contributed by atoms with van der Waals surface area (Å²) in [5.41, 5.74) is 7.50. The fraction of sp³-hybridized carbons (Fsp3) is 0.290. The Kier molecular flexibility index (Phi) is 9.70. The van der Waals surface area contributed by atoms with Crippen LogP contribution in [0.15, 0.2) is 78.9 Å². The van der Waals surface area contributed by atoms with E-state index in [4.69, 9.17) is 24.7 Å². The van der Waals surface area contributed by atoms with Gasteiger partial charge in [0.05, 0.1) is 18.0 Å². The van der Waals surface area contributed by atoms with E-state index >= 15 is 0 Å². The molecular weight excluding hydrogens is 526 g/mol. The number of nitrogens with one attached hydrogen (secondary N) is 2. The molecule has 216 valence electrons. The number of benzene rings is 3. The Labute approximate surface area is 239 Å². The number of fused-ring (bicyclic) bond motifs is 1. The number of carbonyl (C=O) groups excluding carboxylic acids is 2. The quantitative estimate of drug-likeness (QED) is 0.164. The summed E-state index contributed by atoms with van der Waals surface area (Å²) in [4.78, 5) is 25.5. The second-order valence-corrected chi connectivity index (χ2v) is 10.1. The predicted molar refractivity (Wildman–Crippen MR) is 156 cm³/mol. The first-order valence-electron chi connectivity index (χ1n) is 13.3. The van der Waals surface area contributed by atoms with E-state index in [9.17, 15) is 14.7 Å². The number of aliphatic hydroxyl groups is 1. The molecule has 0 bridgehead atoms. The highest BCUT2D eigenvalue weighted by Gasteiger charge is 2.36. The van der Waals surface area contributed by atoms with Gasteiger partial charge in [0.1, 0.15) is 18.5 Å². The zero-order chi connectivity index (χ0) is 29.2. The van der Waals surface area contributed by atoms with Gasteiger partial charge in [-0.05, 0) is 49.2 Å². The molecule has 0 spiro atoms. The molecule has 1 aliphatic rings. The van der Waals surface area contributed by atoms with Crippen LogP contribution in [-0.4, -0.2) is 37.1 Å². The van der Waals surface area contributed by atoms with E-state index in [2.05, 4.69) is 10.6 Å². The number of allylic oxidation sites excluding steroid dienone is 1. The molecule has 3 aromatic rings. The van der Waals surface area contributed by atoms with Crippen LogP contribution in [0, 0.1) is 5.41 Å². The van der Waals surface area contributed by atoms with Crippen molar-refractivity contribution in [3.05, 3.63) is 84.4 Å². The van der Waals surface area contributed by atoms with Gasteiger partial charge in [-0.3, -0.25) is 10.1 Å². The van der Waals surface area contributed by atoms with Crippen LogP contribution in [0.2, 0.25) is 0 Å². The molecule has 10 nitrogen and oxygen atoms in total. The number of amides is 2. The van der Waals surface area contributed by atoms with Crippen molar-refractivity contribution in [3.8, 4) is 17.2 Å². The molecule has 0 unspecified atom stereocenters. The maximum absolute atomic E-state index is 13.1. The van der Waals surface area contributed by atoms with Crippen LogP contribution in [-0.2, 0) is 9.53 Å². The van der Waals surface area contributed by atoms with Crippen LogP contribution in [0.25, 0.3) is 0 Å². The van der Waals surface area contributed by atoms with E-state index < -0.39 is 17.6 Å². The lowest BCUT2D eigenvalue weighted by Gasteiger charge is -2.35. The Morgan fingerprint density at radius 3 is 2.61 bits per heavy atom. The van der Waals surface area contributed by atoms with Gasteiger partial charge in [0, 0.05) is 22.7 Å². The Morgan fingerprint density at radius 1 is 1.05 bits per heavy atom. The van der Waals surface area contributed by atoms with E-state index in [1.54, 1.807) is 54.6 Å². The van der Waals surface area contributed by atoms with Gasteiger partial charge in [-0.15, -0.1) is 0 Å². The summed E-state index contributed by atoms with van der Waals surface area (Å²) in [6, 6.07) is 19.4. The molecule has 4 rings (SSSR count). The first-order valence-corrected chi connectivity index (χ1v) is 13.3. The van der Waals surface area contributed by atoms with Gasteiger partial charge < -0.3 is 35.1 Å². The number of nitrogen functional groups attached to an aromatic ring is 1. The number of nitrogens with two attached hydrogens (primary N) is 1. The molecule has 3 aromatic carbocycles. The molecule has 5 N–H and O–H groups in total. The molecule has 0 aliphatic carbocycles. The average Bonchev–Trinajstić information content (AvgIpc) is 3.42. The Hall–Kier alpha value is -4.70. The second-order valence-electron chi connectivity index (χ2n) is 10.1. The summed E-state index contributed by atoms with van der Waals surface area (Å²) in [6.45, 7) is 4.02. The number of para-hydroxylation sites is 3. The number of hydrogen-bond donors (Lipinski definition) is 4. The van der Waals surface area contributed by atoms with E-state index in [0.717, 1.165) is 0 Å². The third-order valence-corrected chi connectivity index (χ3v) is 6.55. The predicted octanol–water partition coefficient (Wildman–Crippen LogP) is 5.66. The molecule has 0 saturated carbocycles. The SMILES string of the molecule is CC(C)(CC/C=C/C(=O)Nc1ccccc1N)[C@@H](OC(=O)Nc1ccc2c(c1)OCO2)c1ccccc1OCCO. The lowest BCUT2D eigenvalue weighted by molar-refractivity contribution is -0.111. The van der Waals surface area contributed by atoms with Crippen molar-refractivity contribution >= 4 is 29.1 Å². The first kappa shape index (κ1) is 29.3. The smallest absolute Gasteiger partial charge is 0.412 e. The summed E-state index contributed by atoms with van der Waals surface area (Å²) in [6.07, 6.45) is 2.96. The fourth-order valence-corrected chi connectivity index (χ4v) is 4.42. The van der Waals surface area contributed by atoms with Crippen LogP contribution >= 0.6 is 0 Å². The Balaban J connectivity index is 1.47. The normalized spacial score (nSPS) is 13.0. The third-order valence-electron chi connectivity index (χ3n) is 6.55. The van der Waals surface area contributed by atoms with E-state index in [1.165, 1.54) is 6.08 Å². The maximum Gasteiger partial charge on any atom is 0.412 e. The number of hydrogen-bond acceptors (Lipinski definition) is 8. The molecule has 1 aliphatic heterocycles. The Morgan fingerprint density at radius 2 is 1.80 bits per heavy atom. The molecule has 41 heavy (non-hydrogen) atoms. The number of ether oxygens (including phenoxy) is 4. The van der Waals surface area contributed by atoms with Gasteiger partial charge >= 0.3 is 6.09 Å². The highest BCUT2D eigenvalue weighted by atomic mass is 16.7. The Bertz CT molecular complexity index is 1390. The van der Waals surface area contributed by atoms with Crippen LogP contribution in [0.5, 0.6) is 17.2 Å². The fourth-order valence-electron chi connectivity index (χ4n) is 4.42. The van der Waals surface area contributed by atoms with Crippen molar-refractivity contribution in [3.63, 3.8) is 0 Å². The molecule has 0 fully saturated rings. The molecule has 0 saturated heterocycles. The molecule has 0 aromatic heterocycles. The van der Waals surface area contributed by atoms with Crippen molar-refractivity contribution in [2.45, 2.75) is 32.8 Å². The van der Waals surface area contributed by atoms with Crippen LogP contribution in [0.3, 0.4) is 0 Å². The number of anilines is 3. The standard InChI is InChI=1S/C31H35N3O7/c1-31(2,16-8-7-13-28(36)34-24-11-5-4-10-23(24)32)29(22-9-3-6-12-25(22)38-18-17-35)41-30(37)33-21-14-15-26-27(19-21)40-20-39-26/h3-7,9-15,19,29,35H,8,16-18,20,32H2,1-2H3,(H,33,37)(H,34,36)/b13-7+/t29-/m0/s1. The van der Waals surface area contributed by atoms with E-state index in [-0.39, 0.29) is 25.9 Å². The summed E-state index contributed by atoms with van der Waals surface area (Å²) in [7, 11) is 0. The van der Waals surface area contributed by atoms with E-state index in [1.807, 2.05) is 32.0 Å². The van der Waals surface area contributed by atoms with E-state index in [0.29, 0.717) is 52.7 Å². The molecular formula is C31H35N3O7. The monoisotopic (exact) mass is 561 g/mol. The van der Waals surface area contributed by atoms with Gasteiger partial charge in [-0.25, -0.2) is 4.79 Å². The lowest BCUT2D eigenvalue weighted by Crippen LogP contribution is -2.29. The van der Waals surface area contributed by atoms with Crippen molar-refractivity contribution < 1.29 is 33.6 Å². The second kappa shape index (κ2) is 13.6. The van der Waals surface area contributed by atoms with Gasteiger partial charge in [0.2, 0.25) is 12.7 Å². The van der Waals surface area contributed by atoms with Gasteiger partial charge in [0.25, 0.3) is 0 Å². The van der Waals surface area contributed by atoms with Gasteiger partial charge in [-0.1, -0.05) is 50.3 Å². The topological polar surface area (TPSA) is 141 Å². The average molecular weight is 562 g/mol. The van der Waals surface area contributed by atoms with Crippen molar-refractivity contribution in [1.29, 1.82) is 0 Å². The third kappa shape index (κ3) is 7.92. The van der Waals surface area contributed by atoms with Crippen LogP contribution in [0.1, 0.15) is 38.4 Å². The molecule has 1 heterocycles. The highest BCUT2D eigenvalue weighted by molar-refractivity contribution is 6.01. The van der Waals surface area contributed by atoms with Crippen molar-refractivity contribution in [2.75, 3.05) is 36.4 Å². The molecule has 2 amide bonds. The van der Waals surface area contributed by atoms with Crippen molar-refractivity contribution in [1.82, 2.24) is 0 Å². The summed E-state index contributed by atoms with van der Waals surface area (Å²) in [5, 5.41) is 14.8. The molecule has 0 radical (unpaired) electrons. The minimum atomic E-state index is -0.724. The maximum atomic E-state index is 13.1. The summed E-state index contributed by atoms with van der Waals surface area (Å²) in [5.74, 6) is 1.35. The molecule has 1 atom stereocenters. The molecule has 10 heteroatoms. The van der Waals surface area contributed by atoms with Crippen molar-refractivity contribution in [2.24, 2.45) is 5.41 Å². The summed E-state index contributed by atoms with van der Waals surface area (Å²) < 4.78 is 22.5. The van der Waals surface area contributed by atoms with Gasteiger partial charge in [-0.2, -0.15) is 0 Å². The van der Waals surface area contributed by atoms with Gasteiger partial charge in [0.15, 0.2) is 11.5 Å². The van der Waals surface area contributed by atoms with Crippen LogP contribution in [0.4, 0.5) is 21.9 Å². The highest BCUT2D eigenvalue weighted by Crippen LogP contribution is 2.44. The number of aliphatic hydroxyl groups excluding tert-OH is 1. The number of carbonyl (C=O) groups is 2. The largest absolute Gasteiger partial charge is 0.491 e. The first-order chi connectivity index (χ1) is 19.8. The number of rotatable bonds is 12. The zero-order valence-corrected chi connectivity index (χ0v) is 23.1. The zero-order valence-electron chi connectivity index (χ0n) is 23.1. The summed E-state index contributed by atoms with van der Waals surface area (Å²) >= 11 is 0. The minimum absolute atomic E-state index is 0.0946. The lowest BCUT2D eigenvalue weighted by atomic mass is 9.78. The van der Waals surface area contributed by atoms with Crippen LogP contribution < -0.4 is 30.6 Å². The minimum Gasteiger partial charge on any atom is -0.491 e.